The highest BCUT2D eigenvalue weighted by atomic mass is 16.5. The molecule has 2 N–H and O–H groups in total. The highest BCUT2D eigenvalue weighted by molar-refractivity contribution is 5.98. The molecule has 5 rings (SSSR count). The molecule has 1 unspecified atom stereocenters. The molecule has 3 heterocycles. The molecule has 0 spiro atoms. The molecule has 1 aliphatic rings. The van der Waals surface area contributed by atoms with Crippen molar-refractivity contribution in [2.45, 2.75) is 12.5 Å². The van der Waals surface area contributed by atoms with E-state index in [0.717, 1.165) is 45.5 Å². The average Bonchev–Trinajstić information content (AvgIpc) is 3.50. The minimum atomic E-state index is -0.351. The molecule has 33 heavy (non-hydrogen) atoms. The summed E-state index contributed by atoms with van der Waals surface area (Å²) >= 11 is 0. The summed E-state index contributed by atoms with van der Waals surface area (Å²) in [5, 5.41) is 3.52. The molecule has 0 bridgehead atoms. The second-order valence-corrected chi connectivity index (χ2v) is 7.61. The zero-order chi connectivity index (χ0) is 22.6. The largest absolute Gasteiger partial charge is 0.485 e. The van der Waals surface area contributed by atoms with E-state index >= 15 is 0 Å². The Morgan fingerprint density at radius 3 is 3.00 bits per heavy atom. The fourth-order valence-corrected chi connectivity index (χ4v) is 3.82. The normalized spacial score (nSPS) is 14.8. The van der Waals surface area contributed by atoms with Crippen molar-refractivity contribution in [1.29, 1.82) is 0 Å². The van der Waals surface area contributed by atoms with Gasteiger partial charge in [0.25, 0.3) is 5.91 Å². The second kappa shape index (κ2) is 8.93. The third kappa shape index (κ3) is 4.17. The highest BCUT2D eigenvalue weighted by Crippen LogP contribution is 2.35. The summed E-state index contributed by atoms with van der Waals surface area (Å²) < 4.78 is 11.7. The number of hydrogen-bond donors (Lipinski definition) is 2. The quantitative estimate of drug-likeness (QED) is 0.412. The number of nitrogens with zero attached hydrogens (tertiary/aromatic N) is 1. The van der Waals surface area contributed by atoms with Gasteiger partial charge in [-0.25, -0.2) is 4.98 Å². The number of H-pyrrole nitrogens is 1. The molecule has 0 fully saturated rings. The van der Waals surface area contributed by atoms with E-state index in [1.165, 1.54) is 0 Å². The van der Waals surface area contributed by atoms with E-state index in [9.17, 15) is 4.79 Å². The average molecular weight is 435 g/mol. The molecule has 3 aromatic heterocycles. The minimum Gasteiger partial charge on any atom is -0.485 e. The molecule has 0 radical (unpaired) electrons. The highest BCUT2D eigenvalue weighted by Gasteiger charge is 2.17. The Balaban J connectivity index is 1.48. The molecular weight excluding hydrogens is 414 g/mol. The van der Waals surface area contributed by atoms with E-state index in [2.05, 4.69) is 39.4 Å². The van der Waals surface area contributed by atoms with Gasteiger partial charge in [-0.05, 0) is 24.3 Å². The third-order valence-corrected chi connectivity index (χ3v) is 5.43. The Bertz CT molecular complexity index is 1420. The van der Waals surface area contributed by atoms with Gasteiger partial charge in [0.1, 0.15) is 17.5 Å². The summed E-state index contributed by atoms with van der Waals surface area (Å²) in [6.45, 7) is 0.143. The van der Waals surface area contributed by atoms with E-state index in [1.54, 1.807) is 12.3 Å². The molecule has 1 aromatic carbocycles. The summed E-state index contributed by atoms with van der Waals surface area (Å²) in [6.07, 6.45) is 19.5. The number of allylic oxidation sites excluding steroid dienone is 2. The van der Waals surface area contributed by atoms with Crippen LogP contribution in [0, 0.1) is 12.3 Å². The maximum absolute atomic E-state index is 12.1. The molecule has 1 amide bonds. The Morgan fingerprint density at radius 1 is 1.24 bits per heavy atom. The Morgan fingerprint density at radius 2 is 2.15 bits per heavy atom. The van der Waals surface area contributed by atoms with Crippen LogP contribution in [0.2, 0.25) is 0 Å². The molecule has 0 saturated carbocycles. The van der Waals surface area contributed by atoms with Crippen LogP contribution in [0.15, 0.2) is 83.8 Å². The first-order valence-electron chi connectivity index (χ1n) is 10.6. The number of para-hydroxylation sites is 1. The lowest BCUT2D eigenvalue weighted by Gasteiger charge is -2.18. The minimum absolute atomic E-state index is 0.000582. The Hall–Kier alpha value is -4.50. The van der Waals surface area contributed by atoms with Gasteiger partial charge >= 0.3 is 0 Å². The van der Waals surface area contributed by atoms with Crippen molar-refractivity contribution < 1.29 is 13.9 Å². The summed E-state index contributed by atoms with van der Waals surface area (Å²) in [4.78, 5) is 19.9. The number of terminal acetylenes is 1. The molecule has 1 atom stereocenters. The van der Waals surface area contributed by atoms with Crippen LogP contribution in [-0.4, -0.2) is 28.5 Å². The van der Waals surface area contributed by atoms with Gasteiger partial charge < -0.3 is 19.5 Å². The summed E-state index contributed by atoms with van der Waals surface area (Å²) in [6, 6.07) is 11.7. The number of hydrogen-bond acceptors (Lipinski definition) is 4. The van der Waals surface area contributed by atoms with Gasteiger partial charge in [0, 0.05) is 46.5 Å². The predicted octanol–water partition coefficient (Wildman–Crippen LogP) is 5.12. The number of rotatable bonds is 6. The van der Waals surface area contributed by atoms with Crippen molar-refractivity contribution in [3.63, 3.8) is 0 Å². The van der Waals surface area contributed by atoms with E-state index in [4.69, 9.17) is 15.6 Å². The fourth-order valence-electron chi connectivity index (χ4n) is 3.82. The zero-order valence-corrected chi connectivity index (χ0v) is 17.7. The lowest BCUT2D eigenvalue weighted by Crippen LogP contribution is -2.22. The lowest BCUT2D eigenvalue weighted by atomic mass is 10.0. The van der Waals surface area contributed by atoms with Gasteiger partial charge in [-0.15, -0.1) is 6.42 Å². The first kappa shape index (κ1) is 20.4. The van der Waals surface area contributed by atoms with Crippen molar-refractivity contribution >= 4 is 16.9 Å². The fraction of sp³-hybridized carbons (Fsp3) is 0.111. The number of ether oxygens (including phenoxy) is 1. The second-order valence-electron chi connectivity index (χ2n) is 7.61. The third-order valence-electron chi connectivity index (χ3n) is 5.43. The Kier molecular flexibility index (Phi) is 5.52. The number of furan rings is 1. The molecule has 162 valence electrons. The molecule has 6 nitrogen and oxygen atoms in total. The monoisotopic (exact) mass is 435 g/mol. The van der Waals surface area contributed by atoms with Crippen LogP contribution in [0.25, 0.3) is 33.3 Å². The molecule has 6 heteroatoms. The number of amides is 1. The number of nitrogens with one attached hydrogen (secondary N) is 2. The molecule has 0 saturated heterocycles. The number of carbonyl (C=O) groups excluding carboxylic acids is 1. The number of pyridine rings is 1. The summed E-state index contributed by atoms with van der Waals surface area (Å²) in [5.74, 6) is 3.03. The van der Waals surface area contributed by atoms with Crippen LogP contribution in [-0.2, 0) is 0 Å². The van der Waals surface area contributed by atoms with Crippen LogP contribution < -0.4 is 10.1 Å². The number of benzene rings is 1. The van der Waals surface area contributed by atoms with Gasteiger partial charge in [-0.2, -0.15) is 0 Å². The standard InChI is InChI=1S/C27H21N3O3/c1-2-12-28-27(31)25-14-19(17-32-25)23-16-30-26-22(23)13-18(15-29-26)21-10-6-7-11-24(21)33-20-8-4-3-5-9-20/h1,3-8,10-11,13-17,20H,9,12H2,(H,28,31)(H,29,30). The number of carbonyl (C=O) groups is 1. The molecule has 4 aromatic rings. The van der Waals surface area contributed by atoms with Gasteiger partial charge in [0.05, 0.1) is 12.8 Å². The van der Waals surface area contributed by atoms with Crippen molar-refractivity contribution in [2.75, 3.05) is 6.54 Å². The van der Waals surface area contributed by atoms with Gasteiger partial charge in [0.15, 0.2) is 5.76 Å². The van der Waals surface area contributed by atoms with Crippen LogP contribution in [0.1, 0.15) is 17.0 Å². The van der Waals surface area contributed by atoms with Crippen molar-refractivity contribution in [3.05, 3.63) is 85.1 Å². The van der Waals surface area contributed by atoms with Gasteiger partial charge in [-0.1, -0.05) is 42.3 Å². The van der Waals surface area contributed by atoms with Crippen LogP contribution in [0.3, 0.4) is 0 Å². The molecule has 0 aliphatic heterocycles. The van der Waals surface area contributed by atoms with E-state index in [-0.39, 0.29) is 24.3 Å². The van der Waals surface area contributed by atoms with Crippen molar-refractivity contribution in [1.82, 2.24) is 15.3 Å². The van der Waals surface area contributed by atoms with Gasteiger partial charge in [-0.3, -0.25) is 4.79 Å². The molecule has 1 aliphatic carbocycles. The summed E-state index contributed by atoms with van der Waals surface area (Å²) in [7, 11) is 0. The number of aromatic amines is 1. The first-order chi connectivity index (χ1) is 16.2. The first-order valence-corrected chi connectivity index (χ1v) is 10.6. The SMILES string of the molecule is C#CCNC(=O)c1cc(-c2c[nH]c3ncc(-c4ccccc4OC4C=CC=CC4)cc23)co1. The van der Waals surface area contributed by atoms with Crippen molar-refractivity contribution in [3.8, 4) is 40.3 Å². The smallest absolute Gasteiger partial charge is 0.287 e. The zero-order valence-electron chi connectivity index (χ0n) is 17.7. The molecular formula is C27H21N3O3. The topological polar surface area (TPSA) is 80.2 Å². The predicted molar refractivity (Wildman–Crippen MR) is 128 cm³/mol. The van der Waals surface area contributed by atoms with E-state index in [1.807, 2.05) is 48.8 Å². The van der Waals surface area contributed by atoms with Crippen LogP contribution in [0.5, 0.6) is 5.75 Å². The maximum Gasteiger partial charge on any atom is 0.287 e. The number of aromatic nitrogens is 2. The Labute approximate surface area is 191 Å². The van der Waals surface area contributed by atoms with Crippen LogP contribution >= 0.6 is 0 Å². The number of fused-ring (bicyclic) bond motifs is 1. The van der Waals surface area contributed by atoms with Gasteiger partial charge in [0.2, 0.25) is 0 Å². The van der Waals surface area contributed by atoms with Crippen LogP contribution in [0.4, 0.5) is 0 Å². The van der Waals surface area contributed by atoms with E-state index < -0.39 is 0 Å². The maximum atomic E-state index is 12.1. The van der Waals surface area contributed by atoms with Crippen molar-refractivity contribution in [2.24, 2.45) is 0 Å². The van der Waals surface area contributed by atoms with E-state index in [0.29, 0.717) is 0 Å². The summed E-state index contributed by atoms with van der Waals surface area (Å²) in [5.41, 5.74) is 4.30. The lowest BCUT2D eigenvalue weighted by molar-refractivity contribution is 0.0931.